The van der Waals surface area contributed by atoms with Crippen LogP contribution in [0.3, 0.4) is 0 Å². The largest absolute Gasteiger partial charge is 0.488 e. The van der Waals surface area contributed by atoms with Gasteiger partial charge in [-0.25, -0.2) is 4.79 Å². The van der Waals surface area contributed by atoms with E-state index in [1.54, 1.807) is 23.4 Å². The van der Waals surface area contributed by atoms with Crippen LogP contribution >= 0.6 is 27.5 Å². The fourth-order valence-corrected chi connectivity index (χ4v) is 5.41. The van der Waals surface area contributed by atoms with Gasteiger partial charge in [-0.1, -0.05) is 17.7 Å². The highest BCUT2D eigenvalue weighted by molar-refractivity contribution is 9.10. The van der Waals surface area contributed by atoms with E-state index in [1.165, 1.54) is 0 Å². The molecule has 1 atom stereocenters. The van der Waals surface area contributed by atoms with Crippen molar-refractivity contribution in [2.45, 2.75) is 25.4 Å². The summed E-state index contributed by atoms with van der Waals surface area (Å²) >= 11 is 10.2. The average molecular weight is 542 g/mol. The van der Waals surface area contributed by atoms with Crippen molar-refractivity contribution in [1.82, 2.24) is 9.88 Å². The second-order valence-corrected chi connectivity index (χ2v) is 10.1. The monoisotopic (exact) mass is 540 g/mol. The number of nitrogens with zero attached hydrogens (tertiary/aromatic N) is 3. The molecule has 1 saturated heterocycles. The maximum Gasteiger partial charge on any atom is 0.326 e. The summed E-state index contributed by atoms with van der Waals surface area (Å²) in [4.78, 5) is 21.3. The zero-order valence-corrected chi connectivity index (χ0v) is 21.3. The molecule has 0 aliphatic carbocycles. The molecule has 1 aromatic heterocycles. The van der Waals surface area contributed by atoms with Crippen LogP contribution in [0.15, 0.2) is 59.3 Å². The number of rotatable bonds is 4. The molecule has 0 spiro atoms. The van der Waals surface area contributed by atoms with Gasteiger partial charge in [0.1, 0.15) is 11.9 Å². The molecule has 1 fully saturated rings. The molecule has 8 heteroatoms. The maximum absolute atomic E-state index is 13.2. The number of likely N-dealkylation sites (N-methyl/N-ethyl adjacent to an activating group) is 1. The Kier molecular flexibility index (Phi) is 6.77. The Hall–Kier alpha value is -2.61. The number of urea groups is 1. The van der Waals surface area contributed by atoms with E-state index < -0.39 is 0 Å². The predicted octanol–water partition coefficient (Wildman–Crippen LogP) is 6.23. The third-order valence-corrected chi connectivity index (χ3v) is 7.29. The van der Waals surface area contributed by atoms with Crippen molar-refractivity contribution < 1.29 is 9.53 Å². The number of piperidine rings is 1. The number of carbonyl (C=O) groups excluding carboxylic acids is 1. The van der Waals surface area contributed by atoms with E-state index in [1.807, 2.05) is 30.3 Å². The first-order valence-electron chi connectivity index (χ1n) is 11.4. The van der Waals surface area contributed by atoms with Crippen LogP contribution in [0.5, 0.6) is 5.75 Å². The maximum atomic E-state index is 13.2. The first-order chi connectivity index (χ1) is 16.5. The van der Waals surface area contributed by atoms with Gasteiger partial charge in [-0.2, -0.15) is 0 Å². The molecule has 1 unspecified atom stereocenters. The summed E-state index contributed by atoms with van der Waals surface area (Å²) in [6.07, 6.45) is 6.58. The van der Waals surface area contributed by atoms with Gasteiger partial charge in [-0.05, 0) is 90.2 Å². The van der Waals surface area contributed by atoms with Crippen molar-refractivity contribution in [3.8, 4) is 16.9 Å². The summed E-state index contributed by atoms with van der Waals surface area (Å²) in [6.45, 7) is 2.63. The highest BCUT2D eigenvalue weighted by atomic mass is 79.9. The summed E-state index contributed by atoms with van der Waals surface area (Å²) in [5.41, 5.74) is 4.54. The molecular weight excluding hydrogens is 516 g/mol. The van der Waals surface area contributed by atoms with E-state index in [0.29, 0.717) is 17.3 Å². The number of ether oxygens (including phenoxy) is 1. The van der Waals surface area contributed by atoms with Gasteiger partial charge in [-0.15, -0.1) is 0 Å². The van der Waals surface area contributed by atoms with Crippen molar-refractivity contribution in [2.75, 3.05) is 36.9 Å². The van der Waals surface area contributed by atoms with Gasteiger partial charge in [0.15, 0.2) is 0 Å². The molecular formula is C26H26BrClN4O2. The quantitative estimate of drug-likeness (QED) is 0.425. The van der Waals surface area contributed by atoms with Gasteiger partial charge in [-0.3, -0.25) is 9.88 Å². The van der Waals surface area contributed by atoms with Crippen LogP contribution in [-0.2, 0) is 6.42 Å². The van der Waals surface area contributed by atoms with Crippen LogP contribution in [-0.4, -0.2) is 48.7 Å². The summed E-state index contributed by atoms with van der Waals surface area (Å²) in [5, 5.41) is 3.57. The number of nitrogens with one attached hydrogen (secondary N) is 1. The lowest BCUT2D eigenvalue weighted by Gasteiger charge is -2.30. The minimum atomic E-state index is -0.183. The van der Waals surface area contributed by atoms with Gasteiger partial charge >= 0.3 is 6.03 Å². The van der Waals surface area contributed by atoms with E-state index in [4.69, 9.17) is 16.3 Å². The Bertz CT molecular complexity index is 1210. The average Bonchev–Trinajstić information content (AvgIpc) is 3.23. The summed E-state index contributed by atoms with van der Waals surface area (Å²) in [5.74, 6) is 0.781. The fraction of sp³-hybridized carbons (Fsp3) is 0.308. The molecule has 5 rings (SSSR count). The summed E-state index contributed by atoms with van der Waals surface area (Å²) in [7, 11) is 2.12. The van der Waals surface area contributed by atoms with E-state index in [2.05, 4.69) is 44.2 Å². The smallest absolute Gasteiger partial charge is 0.326 e. The second kappa shape index (κ2) is 9.94. The predicted molar refractivity (Wildman–Crippen MR) is 140 cm³/mol. The Morgan fingerprint density at radius 1 is 1.18 bits per heavy atom. The molecule has 2 aromatic carbocycles. The molecule has 34 heavy (non-hydrogen) atoms. The Balaban J connectivity index is 1.32. The van der Waals surface area contributed by atoms with Crippen molar-refractivity contribution in [1.29, 1.82) is 0 Å². The van der Waals surface area contributed by atoms with Crippen LogP contribution in [0.4, 0.5) is 16.2 Å². The van der Waals surface area contributed by atoms with Crippen molar-refractivity contribution in [3.05, 3.63) is 69.9 Å². The summed E-state index contributed by atoms with van der Waals surface area (Å²) < 4.78 is 7.26. The SMILES string of the molecule is CN1CCCC(Oc2cc3c(cc2Br)CCN3C(=O)Nc2ccc(-c3ccncc3)c(Cl)c2)C1. The van der Waals surface area contributed by atoms with Gasteiger partial charge in [0.2, 0.25) is 0 Å². The van der Waals surface area contributed by atoms with Crippen molar-refractivity contribution >= 4 is 44.9 Å². The first kappa shape index (κ1) is 23.1. The molecule has 0 radical (unpaired) electrons. The van der Waals surface area contributed by atoms with Crippen molar-refractivity contribution in [3.63, 3.8) is 0 Å². The van der Waals surface area contributed by atoms with E-state index in [9.17, 15) is 4.79 Å². The number of aromatic nitrogens is 1. The number of fused-ring (bicyclic) bond motifs is 1. The van der Waals surface area contributed by atoms with Gasteiger partial charge in [0.05, 0.1) is 15.2 Å². The number of hydrogen-bond donors (Lipinski definition) is 1. The Labute approximate surface area is 213 Å². The number of halogens is 2. The number of pyridine rings is 1. The topological polar surface area (TPSA) is 57.7 Å². The van der Waals surface area contributed by atoms with Gasteiger partial charge < -0.3 is 15.0 Å². The highest BCUT2D eigenvalue weighted by Crippen LogP contribution is 2.39. The second-order valence-electron chi connectivity index (χ2n) is 8.82. The minimum absolute atomic E-state index is 0.151. The number of amides is 2. The number of likely N-dealkylation sites (tertiary alicyclic amines) is 1. The molecule has 176 valence electrons. The van der Waals surface area contributed by atoms with Crippen LogP contribution in [0.1, 0.15) is 18.4 Å². The molecule has 0 bridgehead atoms. The highest BCUT2D eigenvalue weighted by Gasteiger charge is 2.28. The van der Waals surface area contributed by atoms with Crippen LogP contribution in [0, 0.1) is 0 Å². The molecule has 2 aliphatic heterocycles. The first-order valence-corrected chi connectivity index (χ1v) is 12.6. The molecule has 1 N–H and O–H groups in total. The lowest BCUT2D eigenvalue weighted by Crippen LogP contribution is -2.38. The van der Waals surface area contributed by atoms with Crippen molar-refractivity contribution in [2.24, 2.45) is 0 Å². The number of carbonyl (C=O) groups is 1. The summed E-state index contributed by atoms with van der Waals surface area (Å²) in [6, 6.07) is 13.2. The third kappa shape index (κ3) is 4.92. The zero-order chi connectivity index (χ0) is 23.7. The third-order valence-electron chi connectivity index (χ3n) is 6.36. The van der Waals surface area contributed by atoms with Gasteiger partial charge in [0, 0.05) is 42.8 Å². The lowest BCUT2D eigenvalue weighted by molar-refractivity contribution is 0.104. The molecule has 2 amide bonds. The Morgan fingerprint density at radius 3 is 2.76 bits per heavy atom. The Morgan fingerprint density at radius 2 is 2.00 bits per heavy atom. The minimum Gasteiger partial charge on any atom is -0.488 e. The van der Waals surface area contributed by atoms with E-state index >= 15 is 0 Å². The number of anilines is 2. The lowest BCUT2D eigenvalue weighted by atomic mass is 10.1. The normalized spacial score (nSPS) is 18.0. The van der Waals surface area contributed by atoms with Crippen LogP contribution in [0.2, 0.25) is 5.02 Å². The molecule has 0 saturated carbocycles. The van der Waals surface area contributed by atoms with E-state index in [0.717, 1.165) is 65.0 Å². The number of benzene rings is 2. The standard InChI is InChI=1S/C26H26BrClN4O2/c1-31-11-2-3-20(16-31)34-25-15-24-18(13-22(25)27)8-12-32(24)26(33)30-19-4-5-21(23(28)14-19)17-6-9-29-10-7-17/h4-7,9-10,13-15,20H,2-3,8,11-12,16H2,1H3,(H,30,33). The molecule has 6 nitrogen and oxygen atoms in total. The molecule has 2 aliphatic rings. The van der Waals surface area contributed by atoms with Crippen LogP contribution < -0.4 is 15.0 Å². The van der Waals surface area contributed by atoms with E-state index in [-0.39, 0.29) is 12.1 Å². The molecule has 3 aromatic rings. The van der Waals surface area contributed by atoms with Gasteiger partial charge in [0.25, 0.3) is 0 Å². The van der Waals surface area contributed by atoms with Crippen LogP contribution in [0.25, 0.3) is 11.1 Å². The number of hydrogen-bond acceptors (Lipinski definition) is 4. The fourth-order valence-electron chi connectivity index (χ4n) is 4.63. The molecule has 3 heterocycles. The zero-order valence-electron chi connectivity index (χ0n) is 18.9.